The van der Waals surface area contributed by atoms with E-state index in [1.165, 1.54) is 12.4 Å². The fourth-order valence-electron chi connectivity index (χ4n) is 2.43. The molecule has 2 heterocycles. The number of fused-ring (bicyclic) bond motifs is 1. The summed E-state index contributed by atoms with van der Waals surface area (Å²) in [7, 11) is 2.00. The summed E-state index contributed by atoms with van der Waals surface area (Å²) in [4.78, 5) is 16.0. The molecule has 2 aromatic rings. The van der Waals surface area contributed by atoms with Crippen molar-refractivity contribution in [2.75, 3.05) is 33.2 Å². The Labute approximate surface area is 126 Å². The number of amides is 1. The molecule has 8 nitrogen and oxygen atoms in total. The van der Waals surface area contributed by atoms with Gasteiger partial charge in [-0.2, -0.15) is 4.73 Å². The zero-order valence-electron chi connectivity index (χ0n) is 12.2. The van der Waals surface area contributed by atoms with Gasteiger partial charge in [0.2, 0.25) is 11.9 Å². The second-order valence-corrected chi connectivity index (χ2v) is 5.25. The summed E-state index contributed by atoms with van der Waals surface area (Å²) >= 11 is 0. The maximum Gasteiger partial charge on any atom is 0.415 e. The van der Waals surface area contributed by atoms with Gasteiger partial charge >= 0.3 is 11.6 Å². The Morgan fingerprint density at radius 1 is 1.27 bits per heavy atom. The highest BCUT2D eigenvalue weighted by atomic mass is 16.6. The predicted octanol–water partition coefficient (Wildman–Crippen LogP) is -0.256. The third-order valence-corrected chi connectivity index (χ3v) is 3.75. The third kappa shape index (κ3) is 2.60. The summed E-state index contributed by atoms with van der Waals surface area (Å²) in [6, 6.07) is 4.69. The molecule has 8 heteroatoms. The zero-order valence-corrected chi connectivity index (χ0v) is 12.2. The van der Waals surface area contributed by atoms with E-state index in [1.54, 1.807) is 23.1 Å². The maximum absolute atomic E-state index is 12.2. The van der Waals surface area contributed by atoms with Crippen molar-refractivity contribution in [1.29, 1.82) is 0 Å². The number of likely N-dealkylation sites (N-methyl/N-ethyl adjacent to an activating group) is 1. The smallest absolute Gasteiger partial charge is 0.415 e. The van der Waals surface area contributed by atoms with Crippen molar-refractivity contribution in [1.82, 2.24) is 9.80 Å². The van der Waals surface area contributed by atoms with E-state index in [4.69, 9.17) is 4.74 Å². The Balaban J connectivity index is 1.88. The molecular formula is C14H17N4O4+. The normalized spacial score (nSPS) is 16.0. The first-order valence-corrected chi connectivity index (χ1v) is 6.97. The van der Waals surface area contributed by atoms with Crippen LogP contribution in [0.25, 0.3) is 11.0 Å². The number of aromatic nitrogens is 2. The Kier molecular flexibility index (Phi) is 3.68. The summed E-state index contributed by atoms with van der Waals surface area (Å²) < 4.78 is 6.75. The van der Waals surface area contributed by atoms with Gasteiger partial charge in [-0.25, -0.2) is 4.79 Å². The van der Waals surface area contributed by atoms with Gasteiger partial charge in [0.05, 0.1) is 0 Å². The van der Waals surface area contributed by atoms with E-state index in [0.29, 0.717) is 17.8 Å². The molecule has 1 fully saturated rings. The molecule has 0 atom stereocenters. The number of nitrogens with zero attached hydrogens (tertiary/aromatic N) is 4. The van der Waals surface area contributed by atoms with Crippen LogP contribution in [0.1, 0.15) is 0 Å². The summed E-state index contributed by atoms with van der Waals surface area (Å²) in [6.07, 6.45) is 1.89. The van der Waals surface area contributed by atoms with Gasteiger partial charge in [-0.05, 0) is 13.1 Å². The molecule has 0 unspecified atom stereocenters. The van der Waals surface area contributed by atoms with E-state index in [1.807, 2.05) is 7.05 Å². The number of carbonyl (C=O) groups excluding carboxylic acids is 1. The molecule has 1 aliphatic rings. The minimum Gasteiger partial charge on any atom is -0.618 e. The van der Waals surface area contributed by atoms with Crippen molar-refractivity contribution < 1.29 is 24.2 Å². The van der Waals surface area contributed by atoms with E-state index in [2.05, 4.69) is 4.90 Å². The van der Waals surface area contributed by atoms with Gasteiger partial charge in [0.25, 0.3) is 11.7 Å². The standard InChI is InChI=1S/C14H17N4O4/c1-15-5-7-16(8-6-15)14(19)22-12-4-2-3-11-13(12)18(21)10-9-17(11)20/h2-4,9-10,21H,5-8H2,1H3/q+1. The molecule has 0 radical (unpaired) electrons. The highest BCUT2D eigenvalue weighted by molar-refractivity contribution is 5.80. The second-order valence-electron chi connectivity index (χ2n) is 5.25. The summed E-state index contributed by atoms with van der Waals surface area (Å²) in [5, 5.41) is 21.6. The Morgan fingerprint density at radius 2 is 2.00 bits per heavy atom. The van der Waals surface area contributed by atoms with Crippen molar-refractivity contribution in [3.63, 3.8) is 0 Å². The van der Waals surface area contributed by atoms with Gasteiger partial charge < -0.3 is 19.7 Å². The SMILES string of the molecule is CN1CCN(C(=O)Oc2cccc3c2[n+](O)cc[n+]3[O-])CC1. The summed E-state index contributed by atoms with van der Waals surface area (Å²) in [5.74, 6) is 0.147. The molecule has 22 heavy (non-hydrogen) atoms. The summed E-state index contributed by atoms with van der Waals surface area (Å²) in [5.41, 5.74) is 0.371. The molecule has 1 saturated heterocycles. The van der Waals surface area contributed by atoms with Gasteiger partial charge in [0, 0.05) is 37.0 Å². The lowest BCUT2D eigenvalue weighted by Gasteiger charge is -2.31. The van der Waals surface area contributed by atoms with Crippen molar-refractivity contribution in [3.05, 3.63) is 35.8 Å². The molecule has 116 valence electrons. The fraction of sp³-hybridized carbons (Fsp3) is 0.357. The Bertz CT molecular complexity index is 713. The van der Waals surface area contributed by atoms with Crippen LogP contribution in [0.4, 0.5) is 4.79 Å². The monoisotopic (exact) mass is 305 g/mol. The molecule has 1 aliphatic heterocycles. The predicted molar refractivity (Wildman–Crippen MR) is 75.4 cm³/mol. The number of benzene rings is 1. The number of ether oxygens (including phenoxy) is 1. The second kappa shape index (κ2) is 5.64. The number of hydrogen-bond donors (Lipinski definition) is 1. The average molecular weight is 305 g/mol. The quantitative estimate of drug-likeness (QED) is 0.446. The third-order valence-electron chi connectivity index (χ3n) is 3.75. The van der Waals surface area contributed by atoms with Crippen molar-refractivity contribution in [2.24, 2.45) is 0 Å². The lowest BCUT2D eigenvalue weighted by atomic mass is 10.3. The molecule has 1 aromatic heterocycles. The molecule has 1 N–H and O–H groups in total. The number of rotatable bonds is 1. The lowest BCUT2D eigenvalue weighted by Crippen LogP contribution is -2.48. The maximum atomic E-state index is 12.2. The molecule has 0 bridgehead atoms. The largest absolute Gasteiger partial charge is 0.618 e. The van der Waals surface area contributed by atoms with Gasteiger partial charge in [0.1, 0.15) is 0 Å². The van der Waals surface area contributed by atoms with Crippen molar-refractivity contribution in [3.8, 4) is 5.75 Å². The molecular weight excluding hydrogens is 288 g/mol. The molecule has 1 aromatic carbocycles. The van der Waals surface area contributed by atoms with Gasteiger partial charge in [-0.1, -0.05) is 6.07 Å². The zero-order chi connectivity index (χ0) is 15.7. The first-order valence-electron chi connectivity index (χ1n) is 6.97. The highest BCUT2D eigenvalue weighted by Crippen LogP contribution is 2.20. The van der Waals surface area contributed by atoms with Gasteiger partial charge in [-0.3, -0.25) is 5.21 Å². The first kappa shape index (κ1) is 14.3. The minimum absolute atomic E-state index is 0.147. The van der Waals surface area contributed by atoms with Gasteiger partial charge in [-0.15, -0.1) is 0 Å². The van der Waals surface area contributed by atoms with Crippen LogP contribution in [0.5, 0.6) is 5.75 Å². The summed E-state index contributed by atoms with van der Waals surface area (Å²) in [6.45, 7) is 2.73. The highest BCUT2D eigenvalue weighted by Gasteiger charge is 2.26. The van der Waals surface area contributed by atoms with Crippen molar-refractivity contribution in [2.45, 2.75) is 0 Å². The van der Waals surface area contributed by atoms with Crippen LogP contribution in [-0.2, 0) is 0 Å². The lowest BCUT2D eigenvalue weighted by molar-refractivity contribution is -0.889. The molecule has 0 spiro atoms. The molecule has 1 amide bonds. The Morgan fingerprint density at radius 3 is 2.73 bits per heavy atom. The molecule has 0 aliphatic carbocycles. The van der Waals surface area contributed by atoms with Crippen molar-refractivity contribution >= 4 is 17.1 Å². The Hall–Kier alpha value is -2.61. The van der Waals surface area contributed by atoms with Crippen LogP contribution in [0.3, 0.4) is 0 Å². The minimum atomic E-state index is -0.484. The van der Waals surface area contributed by atoms with Crippen LogP contribution in [0, 0.1) is 5.21 Å². The van der Waals surface area contributed by atoms with Crippen LogP contribution >= 0.6 is 0 Å². The molecule has 0 saturated carbocycles. The number of hydrogen-bond acceptors (Lipinski definition) is 5. The number of para-hydroxylation sites is 1. The molecule has 3 rings (SSSR count). The number of carbonyl (C=O) groups is 1. The fourth-order valence-corrected chi connectivity index (χ4v) is 2.43. The average Bonchev–Trinajstić information content (AvgIpc) is 2.52. The van der Waals surface area contributed by atoms with E-state index in [0.717, 1.165) is 17.8 Å². The van der Waals surface area contributed by atoms with E-state index < -0.39 is 6.09 Å². The van der Waals surface area contributed by atoms with E-state index >= 15 is 0 Å². The topological polar surface area (TPSA) is 83.8 Å². The van der Waals surface area contributed by atoms with Crippen LogP contribution in [-0.4, -0.2) is 54.3 Å². The number of piperazine rings is 1. The first-order chi connectivity index (χ1) is 10.6. The van der Waals surface area contributed by atoms with E-state index in [-0.39, 0.29) is 16.8 Å². The van der Waals surface area contributed by atoms with E-state index in [9.17, 15) is 15.2 Å². The van der Waals surface area contributed by atoms with Crippen LogP contribution in [0.15, 0.2) is 30.6 Å². The van der Waals surface area contributed by atoms with Gasteiger partial charge in [0.15, 0.2) is 0 Å². The van der Waals surface area contributed by atoms with Crippen LogP contribution in [0.2, 0.25) is 0 Å². The van der Waals surface area contributed by atoms with Crippen LogP contribution < -0.4 is 14.2 Å².